The van der Waals surface area contributed by atoms with E-state index in [1.54, 1.807) is 0 Å². The lowest BCUT2D eigenvalue weighted by Crippen LogP contribution is -2.35. The fraction of sp³-hybridized carbons (Fsp3) is 0.955. The summed E-state index contributed by atoms with van der Waals surface area (Å²) in [5.41, 5.74) is 0. The second kappa shape index (κ2) is 19.8. The first-order valence-electron chi connectivity index (χ1n) is 11.1. The standard InChI is InChI=1S/C22H44O3/c1-2-3-4-5-6-7-8-9-10-11-12-13-14-15-16-17-18-19-20-21(23)22(24)25/h21,23H,2-20H2,1H3,(H,24,25)/p-1/t21-/m1/s1. The first-order valence-corrected chi connectivity index (χ1v) is 11.1. The maximum atomic E-state index is 10.4. The molecule has 0 spiro atoms. The van der Waals surface area contributed by atoms with Crippen molar-refractivity contribution in [2.45, 2.75) is 135 Å². The van der Waals surface area contributed by atoms with Crippen LogP contribution in [-0.4, -0.2) is 17.2 Å². The summed E-state index contributed by atoms with van der Waals surface area (Å²) in [5, 5.41) is 19.5. The molecular formula is C22H43O3-. The van der Waals surface area contributed by atoms with Crippen LogP contribution in [0.25, 0.3) is 0 Å². The SMILES string of the molecule is CCCCCCCCCCCCCCCCCCCC[C@@H](O)C(=O)[O-]. The summed E-state index contributed by atoms with van der Waals surface area (Å²) in [6.07, 6.45) is 22.8. The highest BCUT2D eigenvalue weighted by atomic mass is 16.4. The van der Waals surface area contributed by atoms with Gasteiger partial charge in [-0.1, -0.05) is 122 Å². The molecule has 0 fully saturated rings. The van der Waals surface area contributed by atoms with Gasteiger partial charge in [-0.3, -0.25) is 0 Å². The molecule has 0 saturated heterocycles. The van der Waals surface area contributed by atoms with E-state index in [0.717, 1.165) is 19.3 Å². The average Bonchev–Trinajstić information content (AvgIpc) is 2.60. The first kappa shape index (κ1) is 24.4. The fourth-order valence-corrected chi connectivity index (χ4v) is 3.36. The Labute approximate surface area is 156 Å². The van der Waals surface area contributed by atoms with Crippen molar-refractivity contribution < 1.29 is 15.0 Å². The van der Waals surface area contributed by atoms with E-state index in [0.29, 0.717) is 6.42 Å². The second-order valence-corrected chi connectivity index (χ2v) is 7.63. The lowest BCUT2D eigenvalue weighted by molar-refractivity contribution is -0.315. The van der Waals surface area contributed by atoms with Crippen LogP contribution in [0.3, 0.4) is 0 Å². The van der Waals surface area contributed by atoms with Crippen LogP contribution >= 0.6 is 0 Å². The topological polar surface area (TPSA) is 60.4 Å². The summed E-state index contributed by atoms with van der Waals surface area (Å²) < 4.78 is 0. The number of carbonyl (C=O) groups excluding carboxylic acids is 1. The van der Waals surface area contributed by atoms with Crippen LogP contribution in [0.5, 0.6) is 0 Å². The predicted octanol–water partition coefficient (Wildman–Crippen LogP) is 5.53. The molecule has 0 aromatic carbocycles. The second-order valence-electron chi connectivity index (χ2n) is 7.63. The molecular weight excluding hydrogens is 312 g/mol. The van der Waals surface area contributed by atoms with Crippen LogP contribution < -0.4 is 5.11 Å². The monoisotopic (exact) mass is 355 g/mol. The summed E-state index contributed by atoms with van der Waals surface area (Å²) in [6, 6.07) is 0. The zero-order chi connectivity index (χ0) is 18.6. The Hall–Kier alpha value is -0.570. The number of carbonyl (C=O) groups is 1. The minimum absolute atomic E-state index is 0.334. The summed E-state index contributed by atoms with van der Waals surface area (Å²) >= 11 is 0. The van der Waals surface area contributed by atoms with Crippen LogP contribution in [0, 0.1) is 0 Å². The zero-order valence-electron chi connectivity index (χ0n) is 16.8. The number of aliphatic hydroxyl groups is 1. The molecule has 0 rings (SSSR count). The van der Waals surface area contributed by atoms with Crippen molar-refractivity contribution >= 4 is 5.97 Å². The lowest BCUT2D eigenvalue weighted by atomic mass is 10.0. The number of carboxylic acid groups (broad SMARTS) is 1. The van der Waals surface area contributed by atoms with E-state index in [2.05, 4.69) is 6.92 Å². The third-order valence-corrected chi connectivity index (χ3v) is 5.10. The van der Waals surface area contributed by atoms with Gasteiger partial charge in [-0.25, -0.2) is 0 Å². The molecule has 0 aromatic rings. The van der Waals surface area contributed by atoms with Crippen molar-refractivity contribution in [2.75, 3.05) is 0 Å². The Morgan fingerprint density at radius 3 is 1.20 bits per heavy atom. The average molecular weight is 356 g/mol. The molecule has 0 aromatic heterocycles. The zero-order valence-corrected chi connectivity index (χ0v) is 16.8. The Bertz CT molecular complexity index is 278. The number of aliphatic hydroxyl groups excluding tert-OH is 1. The summed E-state index contributed by atoms with van der Waals surface area (Å²) in [6.45, 7) is 2.27. The van der Waals surface area contributed by atoms with Gasteiger partial charge in [0, 0.05) is 0 Å². The van der Waals surface area contributed by atoms with E-state index in [1.165, 1.54) is 96.3 Å². The number of hydrogen-bond donors (Lipinski definition) is 1. The Morgan fingerprint density at radius 2 is 0.920 bits per heavy atom. The van der Waals surface area contributed by atoms with Gasteiger partial charge >= 0.3 is 0 Å². The van der Waals surface area contributed by atoms with Crippen LogP contribution in [0.1, 0.15) is 129 Å². The van der Waals surface area contributed by atoms with Gasteiger partial charge in [0.25, 0.3) is 0 Å². The molecule has 0 aliphatic rings. The van der Waals surface area contributed by atoms with Gasteiger partial charge in [0.05, 0.1) is 12.1 Å². The minimum Gasteiger partial charge on any atom is -0.547 e. The van der Waals surface area contributed by atoms with Crippen LogP contribution in [-0.2, 0) is 4.79 Å². The summed E-state index contributed by atoms with van der Waals surface area (Å²) in [5.74, 6) is -1.34. The van der Waals surface area contributed by atoms with Gasteiger partial charge < -0.3 is 15.0 Å². The lowest BCUT2D eigenvalue weighted by Gasteiger charge is -2.10. The number of aliphatic carboxylic acids is 1. The third-order valence-electron chi connectivity index (χ3n) is 5.10. The smallest absolute Gasteiger partial charge is 0.0933 e. The number of rotatable bonds is 20. The van der Waals surface area contributed by atoms with Crippen molar-refractivity contribution in [3.63, 3.8) is 0 Å². The van der Waals surface area contributed by atoms with Crippen molar-refractivity contribution in [1.29, 1.82) is 0 Å². The molecule has 3 nitrogen and oxygen atoms in total. The van der Waals surface area contributed by atoms with Gasteiger partial charge in [-0.15, -0.1) is 0 Å². The van der Waals surface area contributed by atoms with E-state index < -0.39 is 12.1 Å². The van der Waals surface area contributed by atoms with Crippen LogP contribution in [0.15, 0.2) is 0 Å². The molecule has 1 N–H and O–H groups in total. The molecule has 0 aliphatic carbocycles. The molecule has 0 unspecified atom stereocenters. The predicted molar refractivity (Wildman–Crippen MR) is 104 cm³/mol. The fourth-order valence-electron chi connectivity index (χ4n) is 3.36. The van der Waals surface area contributed by atoms with Crippen molar-refractivity contribution in [3.05, 3.63) is 0 Å². The van der Waals surface area contributed by atoms with E-state index in [4.69, 9.17) is 5.11 Å². The molecule has 0 radical (unpaired) electrons. The van der Waals surface area contributed by atoms with Crippen molar-refractivity contribution in [3.8, 4) is 0 Å². The van der Waals surface area contributed by atoms with Crippen molar-refractivity contribution in [1.82, 2.24) is 0 Å². The Morgan fingerprint density at radius 1 is 0.640 bits per heavy atom. The third kappa shape index (κ3) is 19.6. The van der Waals surface area contributed by atoms with Crippen LogP contribution in [0.2, 0.25) is 0 Å². The Kier molecular flexibility index (Phi) is 19.3. The first-order chi connectivity index (χ1) is 12.2. The van der Waals surface area contributed by atoms with Gasteiger partial charge in [0.1, 0.15) is 0 Å². The minimum atomic E-state index is -1.34. The van der Waals surface area contributed by atoms with Crippen LogP contribution in [0.4, 0.5) is 0 Å². The summed E-state index contributed by atoms with van der Waals surface area (Å²) in [7, 11) is 0. The quantitative estimate of drug-likeness (QED) is 0.292. The molecule has 25 heavy (non-hydrogen) atoms. The molecule has 0 bridgehead atoms. The van der Waals surface area contributed by atoms with Gasteiger partial charge in [-0.2, -0.15) is 0 Å². The highest BCUT2D eigenvalue weighted by Gasteiger charge is 2.03. The largest absolute Gasteiger partial charge is 0.547 e. The van der Waals surface area contributed by atoms with Crippen molar-refractivity contribution in [2.24, 2.45) is 0 Å². The number of hydrogen-bond acceptors (Lipinski definition) is 3. The van der Waals surface area contributed by atoms with Gasteiger partial charge in [-0.05, 0) is 6.42 Å². The molecule has 0 heterocycles. The summed E-state index contributed by atoms with van der Waals surface area (Å²) in [4.78, 5) is 10.4. The van der Waals surface area contributed by atoms with E-state index in [1.807, 2.05) is 0 Å². The highest BCUT2D eigenvalue weighted by molar-refractivity contribution is 5.69. The highest BCUT2D eigenvalue weighted by Crippen LogP contribution is 2.14. The molecule has 0 saturated carbocycles. The van der Waals surface area contributed by atoms with E-state index in [-0.39, 0.29) is 0 Å². The normalized spacial score (nSPS) is 12.4. The maximum Gasteiger partial charge on any atom is 0.0933 e. The Balaban J connectivity index is 3.04. The van der Waals surface area contributed by atoms with E-state index >= 15 is 0 Å². The van der Waals surface area contributed by atoms with Gasteiger partial charge in [0.15, 0.2) is 0 Å². The maximum absolute atomic E-state index is 10.4. The molecule has 0 amide bonds. The number of unbranched alkanes of at least 4 members (excludes halogenated alkanes) is 17. The number of carboxylic acids is 1. The molecule has 3 heteroatoms. The molecule has 0 aliphatic heterocycles. The molecule has 150 valence electrons. The van der Waals surface area contributed by atoms with E-state index in [9.17, 15) is 9.90 Å². The van der Waals surface area contributed by atoms with Gasteiger partial charge in [0.2, 0.25) is 0 Å². The molecule has 1 atom stereocenters.